The van der Waals surface area contributed by atoms with Gasteiger partial charge in [0.05, 0.1) is 5.83 Å². The van der Waals surface area contributed by atoms with Crippen LogP contribution in [-0.4, -0.2) is 6.04 Å². The maximum absolute atomic E-state index is 12.6. The van der Waals surface area contributed by atoms with Crippen LogP contribution in [0.5, 0.6) is 0 Å². The van der Waals surface area contributed by atoms with E-state index >= 15 is 0 Å². The molecule has 0 saturated carbocycles. The van der Waals surface area contributed by atoms with E-state index in [1.54, 1.807) is 25.2 Å². The molecule has 0 aliphatic carbocycles. The molecule has 0 aromatic heterocycles. The third kappa shape index (κ3) is 5.86. The van der Waals surface area contributed by atoms with Gasteiger partial charge in [-0.3, -0.25) is 0 Å². The fourth-order valence-electron chi connectivity index (χ4n) is 0.708. The summed E-state index contributed by atoms with van der Waals surface area (Å²) in [6, 6.07) is -0.111. The first-order valence-corrected chi connectivity index (χ1v) is 4.10. The second-order valence-corrected chi connectivity index (χ2v) is 2.52. The summed E-state index contributed by atoms with van der Waals surface area (Å²) in [5.41, 5.74) is 5.62. The van der Waals surface area contributed by atoms with Crippen molar-refractivity contribution >= 4 is 0 Å². The highest BCUT2D eigenvalue weighted by molar-refractivity contribution is 5.04. The second kappa shape index (κ2) is 6.80. The van der Waals surface area contributed by atoms with Crippen LogP contribution in [-0.2, 0) is 0 Å². The summed E-state index contributed by atoms with van der Waals surface area (Å²) in [6.45, 7) is 5.29. The Balaban J connectivity index is 3.77. The van der Waals surface area contributed by atoms with Gasteiger partial charge in [-0.2, -0.15) is 0 Å². The van der Waals surface area contributed by atoms with Gasteiger partial charge in [0.15, 0.2) is 0 Å². The Morgan fingerprint density at radius 1 is 1.67 bits per heavy atom. The van der Waals surface area contributed by atoms with Crippen LogP contribution >= 0.6 is 0 Å². The van der Waals surface area contributed by atoms with Crippen molar-refractivity contribution in [2.45, 2.75) is 25.8 Å². The van der Waals surface area contributed by atoms with Crippen molar-refractivity contribution in [1.29, 1.82) is 0 Å². The van der Waals surface area contributed by atoms with Crippen molar-refractivity contribution in [1.82, 2.24) is 0 Å². The third-order valence-electron chi connectivity index (χ3n) is 1.44. The summed E-state index contributed by atoms with van der Waals surface area (Å²) in [5.74, 6) is -0.0996. The molecule has 0 saturated heterocycles. The van der Waals surface area contributed by atoms with Crippen molar-refractivity contribution in [3.05, 3.63) is 36.7 Å². The zero-order valence-electron chi connectivity index (χ0n) is 7.46. The summed E-state index contributed by atoms with van der Waals surface area (Å²) in [4.78, 5) is 0. The van der Waals surface area contributed by atoms with E-state index in [2.05, 4.69) is 6.58 Å². The minimum absolute atomic E-state index is 0.0996. The molecule has 0 aliphatic heterocycles. The monoisotopic (exact) mass is 169 g/mol. The van der Waals surface area contributed by atoms with Gasteiger partial charge in [0.1, 0.15) is 0 Å². The highest BCUT2D eigenvalue weighted by atomic mass is 19.1. The Morgan fingerprint density at radius 3 is 2.83 bits per heavy atom. The highest BCUT2D eigenvalue weighted by Gasteiger charge is 1.94. The molecule has 68 valence electrons. The van der Waals surface area contributed by atoms with E-state index in [1.807, 2.05) is 0 Å². The zero-order chi connectivity index (χ0) is 9.40. The van der Waals surface area contributed by atoms with E-state index < -0.39 is 0 Å². The van der Waals surface area contributed by atoms with Gasteiger partial charge < -0.3 is 5.73 Å². The van der Waals surface area contributed by atoms with E-state index in [4.69, 9.17) is 5.73 Å². The molecule has 12 heavy (non-hydrogen) atoms. The summed E-state index contributed by atoms with van der Waals surface area (Å²) in [6.07, 6.45) is 7.73. The van der Waals surface area contributed by atoms with Gasteiger partial charge in [-0.15, -0.1) is 0 Å². The van der Waals surface area contributed by atoms with Crippen molar-refractivity contribution < 1.29 is 4.39 Å². The maximum atomic E-state index is 12.6. The number of halogens is 1. The molecule has 0 aromatic carbocycles. The van der Waals surface area contributed by atoms with Crippen molar-refractivity contribution in [2.75, 3.05) is 0 Å². The minimum atomic E-state index is -0.111. The summed E-state index contributed by atoms with van der Waals surface area (Å²) in [5, 5.41) is 0. The average Bonchev–Trinajstić information content (AvgIpc) is 2.10. The number of rotatable bonds is 5. The van der Waals surface area contributed by atoms with Crippen LogP contribution in [0, 0.1) is 0 Å². The van der Waals surface area contributed by atoms with Gasteiger partial charge in [0.25, 0.3) is 0 Å². The molecule has 1 nitrogen and oxygen atoms in total. The first-order chi connectivity index (χ1) is 5.70. The molecule has 0 aliphatic rings. The highest BCUT2D eigenvalue weighted by Crippen LogP contribution is 2.04. The number of allylic oxidation sites excluding steroid dienone is 3. The van der Waals surface area contributed by atoms with Gasteiger partial charge in [-0.1, -0.05) is 37.8 Å². The average molecular weight is 169 g/mol. The zero-order valence-corrected chi connectivity index (χ0v) is 7.46. The fourth-order valence-corrected chi connectivity index (χ4v) is 0.708. The molecular formula is C10H16FN. The minimum Gasteiger partial charge on any atom is -0.324 e. The van der Waals surface area contributed by atoms with Crippen LogP contribution in [0.25, 0.3) is 0 Å². The second-order valence-electron chi connectivity index (χ2n) is 2.52. The molecule has 0 heterocycles. The van der Waals surface area contributed by atoms with Crippen LogP contribution in [0.3, 0.4) is 0 Å². The van der Waals surface area contributed by atoms with Crippen molar-refractivity contribution in [3.63, 3.8) is 0 Å². The van der Waals surface area contributed by atoms with Crippen molar-refractivity contribution in [2.24, 2.45) is 5.73 Å². The van der Waals surface area contributed by atoms with Gasteiger partial charge in [0, 0.05) is 6.04 Å². The molecule has 0 aromatic rings. The Kier molecular flexibility index (Phi) is 6.29. The SMILES string of the molecule is C=C/C=C\C(N)C/C=C(/F)CC. The normalized spacial score (nSPS) is 15.1. The Bertz CT molecular complexity index is 182. The van der Waals surface area contributed by atoms with E-state index in [9.17, 15) is 4.39 Å². The van der Waals surface area contributed by atoms with Crippen LogP contribution in [0.15, 0.2) is 36.7 Å². The molecule has 0 fully saturated rings. The van der Waals surface area contributed by atoms with Gasteiger partial charge in [-0.05, 0) is 12.8 Å². The molecular weight excluding hydrogens is 153 g/mol. The Labute approximate surface area is 73.5 Å². The molecule has 0 bridgehead atoms. The lowest BCUT2D eigenvalue weighted by molar-refractivity contribution is 0.594. The third-order valence-corrected chi connectivity index (χ3v) is 1.44. The predicted octanol–water partition coefficient (Wildman–Crippen LogP) is 2.71. The first-order valence-electron chi connectivity index (χ1n) is 4.10. The number of nitrogens with two attached hydrogens (primary N) is 1. The number of hydrogen-bond donors (Lipinski definition) is 1. The predicted molar refractivity (Wildman–Crippen MR) is 51.4 cm³/mol. The molecule has 1 atom stereocenters. The van der Waals surface area contributed by atoms with E-state index in [-0.39, 0.29) is 11.9 Å². The molecule has 0 amide bonds. The van der Waals surface area contributed by atoms with Crippen molar-refractivity contribution in [3.8, 4) is 0 Å². The van der Waals surface area contributed by atoms with Crippen LogP contribution in [0.1, 0.15) is 19.8 Å². The largest absolute Gasteiger partial charge is 0.324 e. The molecule has 0 radical (unpaired) electrons. The van der Waals surface area contributed by atoms with E-state index in [0.717, 1.165) is 0 Å². The molecule has 1 unspecified atom stereocenters. The van der Waals surface area contributed by atoms with E-state index in [0.29, 0.717) is 12.8 Å². The van der Waals surface area contributed by atoms with Gasteiger partial charge >= 0.3 is 0 Å². The lowest BCUT2D eigenvalue weighted by Crippen LogP contribution is -2.15. The first kappa shape index (κ1) is 11.1. The fraction of sp³-hybridized carbons (Fsp3) is 0.400. The number of hydrogen-bond acceptors (Lipinski definition) is 1. The Hall–Kier alpha value is -0.890. The van der Waals surface area contributed by atoms with Crippen LogP contribution in [0.2, 0.25) is 0 Å². The lowest BCUT2D eigenvalue weighted by Gasteiger charge is -2.00. The standard InChI is InChI=1S/C10H16FN/c1-3-5-6-10(12)8-7-9(11)4-2/h3,5-7,10H,1,4,8,12H2,2H3/b6-5-,9-7+. The quantitative estimate of drug-likeness (QED) is 0.629. The lowest BCUT2D eigenvalue weighted by atomic mass is 10.2. The van der Waals surface area contributed by atoms with Gasteiger partial charge in [0.2, 0.25) is 0 Å². The molecule has 2 N–H and O–H groups in total. The van der Waals surface area contributed by atoms with Crippen LogP contribution in [0.4, 0.5) is 4.39 Å². The smallest absolute Gasteiger partial charge is 0.0957 e. The summed E-state index contributed by atoms with van der Waals surface area (Å²) < 4.78 is 12.6. The molecule has 0 rings (SSSR count). The summed E-state index contributed by atoms with van der Waals surface area (Å²) >= 11 is 0. The topological polar surface area (TPSA) is 26.0 Å². The van der Waals surface area contributed by atoms with Crippen LogP contribution < -0.4 is 5.73 Å². The maximum Gasteiger partial charge on any atom is 0.0957 e. The Morgan fingerprint density at radius 2 is 2.33 bits per heavy atom. The molecule has 0 spiro atoms. The summed E-state index contributed by atoms with van der Waals surface area (Å²) in [7, 11) is 0. The van der Waals surface area contributed by atoms with E-state index in [1.165, 1.54) is 6.08 Å². The molecule has 2 heteroatoms. The van der Waals surface area contributed by atoms with Gasteiger partial charge in [-0.25, -0.2) is 4.39 Å².